The molecule has 20 heavy (non-hydrogen) atoms. The van der Waals surface area contributed by atoms with E-state index in [9.17, 15) is 9.18 Å². The first-order valence-corrected chi connectivity index (χ1v) is 6.22. The van der Waals surface area contributed by atoms with Crippen LogP contribution in [0.1, 0.15) is 5.56 Å². The summed E-state index contributed by atoms with van der Waals surface area (Å²) >= 11 is 5.86. The first-order valence-electron chi connectivity index (χ1n) is 5.84. The third-order valence-corrected chi connectivity index (χ3v) is 2.88. The number of anilines is 2. The lowest BCUT2D eigenvalue weighted by Crippen LogP contribution is -2.08. The van der Waals surface area contributed by atoms with E-state index in [0.717, 1.165) is 11.6 Å². The van der Waals surface area contributed by atoms with Gasteiger partial charge in [0.1, 0.15) is 5.82 Å². The predicted octanol–water partition coefficient (Wildman–Crippen LogP) is 3.71. The normalized spacial score (nSPS) is 10.7. The third-order valence-electron chi connectivity index (χ3n) is 2.55. The summed E-state index contributed by atoms with van der Waals surface area (Å²) in [6, 6.07) is 10.8. The Morgan fingerprint density at radius 3 is 2.60 bits per heavy atom. The second-order valence-corrected chi connectivity index (χ2v) is 4.52. The molecule has 2 aromatic rings. The zero-order valence-corrected chi connectivity index (χ0v) is 11.2. The summed E-state index contributed by atoms with van der Waals surface area (Å²) in [5.74, 6) is -0.860. The van der Waals surface area contributed by atoms with Gasteiger partial charge in [-0.05, 0) is 42.0 Å². The minimum Gasteiger partial charge on any atom is -0.399 e. The molecule has 0 atom stereocenters. The molecule has 5 heteroatoms. The molecule has 0 radical (unpaired) electrons. The van der Waals surface area contributed by atoms with Crippen LogP contribution in [0.3, 0.4) is 0 Å². The quantitative estimate of drug-likeness (QED) is 0.669. The average Bonchev–Trinajstić information content (AvgIpc) is 2.42. The summed E-state index contributed by atoms with van der Waals surface area (Å²) < 4.78 is 13.0. The molecule has 0 bridgehead atoms. The number of amides is 1. The van der Waals surface area contributed by atoms with Crippen molar-refractivity contribution in [1.82, 2.24) is 0 Å². The van der Waals surface area contributed by atoms with Crippen molar-refractivity contribution in [2.45, 2.75) is 0 Å². The van der Waals surface area contributed by atoms with Gasteiger partial charge in [-0.25, -0.2) is 4.39 Å². The maximum atomic E-state index is 13.0. The van der Waals surface area contributed by atoms with E-state index in [2.05, 4.69) is 5.32 Å². The molecular formula is C15H12ClFN2O. The summed E-state index contributed by atoms with van der Waals surface area (Å²) in [5.41, 5.74) is 7.28. The van der Waals surface area contributed by atoms with E-state index in [-0.39, 0.29) is 10.7 Å². The first kappa shape index (κ1) is 14.1. The second-order valence-electron chi connectivity index (χ2n) is 4.11. The molecule has 3 nitrogen and oxygen atoms in total. The predicted molar refractivity (Wildman–Crippen MR) is 79.9 cm³/mol. The van der Waals surface area contributed by atoms with Crippen molar-refractivity contribution >= 4 is 35.0 Å². The highest BCUT2D eigenvalue weighted by Gasteiger charge is 2.04. The maximum Gasteiger partial charge on any atom is 0.248 e. The molecule has 0 aliphatic rings. The summed E-state index contributed by atoms with van der Waals surface area (Å²) in [6.07, 6.45) is 2.97. The Morgan fingerprint density at radius 2 is 1.90 bits per heavy atom. The third kappa shape index (κ3) is 3.83. The van der Waals surface area contributed by atoms with Crippen LogP contribution in [-0.2, 0) is 4.79 Å². The van der Waals surface area contributed by atoms with Gasteiger partial charge in [-0.15, -0.1) is 0 Å². The van der Waals surface area contributed by atoms with Gasteiger partial charge >= 0.3 is 0 Å². The molecule has 0 fully saturated rings. The van der Waals surface area contributed by atoms with Gasteiger partial charge in [0, 0.05) is 11.8 Å². The Morgan fingerprint density at radius 1 is 1.20 bits per heavy atom. The molecule has 0 saturated heterocycles. The standard InChI is InChI=1S/C15H12ClFN2O/c16-13-7-4-11(17)9-14(13)19-15(20)8-3-10-1-5-12(18)6-2-10/h1-9H,18H2,(H,19,20)/b8-3+. The van der Waals surface area contributed by atoms with E-state index >= 15 is 0 Å². The van der Waals surface area contributed by atoms with Gasteiger partial charge < -0.3 is 11.1 Å². The van der Waals surface area contributed by atoms with E-state index in [1.54, 1.807) is 30.3 Å². The Labute approximate surface area is 120 Å². The molecule has 0 aliphatic carbocycles. The first-order chi connectivity index (χ1) is 9.54. The van der Waals surface area contributed by atoms with Crippen molar-refractivity contribution < 1.29 is 9.18 Å². The van der Waals surface area contributed by atoms with Gasteiger partial charge in [-0.1, -0.05) is 23.7 Å². The van der Waals surface area contributed by atoms with Crippen LogP contribution in [0.2, 0.25) is 5.02 Å². The average molecular weight is 291 g/mol. The Bertz CT molecular complexity index is 653. The van der Waals surface area contributed by atoms with Crippen molar-refractivity contribution in [2.24, 2.45) is 0 Å². The minimum atomic E-state index is -0.466. The van der Waals surface area contributed by atoms with Crippen molar-refractivity contribution in [3.05, 3.63) is 64.9 Å². The number of nitrogens with one attached hydrogen (secondary N) is 1. The lowest BCUT2D eigenvalue weighted by atomic mass is 10.2. The largest absolute Gasteiger partial charge is 0.399 e. The van der Waals surface area contributed by atoms with Gasteiger partial charge in [0.15, 0.2) is 0 Å². The number of nitrogens with two attached hydrogens (primary N) is 1. The highest BCUT2D eigenvalue weighted by atomic mass is 35.5. The number of hydrogen-bond donors (Lipinski definition) is 2. The molecule has 0 saturated carbocycles. The Kier molecular flexibility index (Phi) is 4.38. The van der Waals surface area contributed by atoms with Crippen molar-refractivity contribution in [3.63, 3.8) is 0 Å². The number of halogens is 2. The lowest BCUT2D eigenvalue weighted by Gasteiger charge is -2.04. The van der Waals surface area contributed by atoms with E-state index in [1.165, 1.54) is 18.2 Å². The van der Waals surface area contributed by atoms with E-state index < -0.39 is 11.7 Å². The van der Waals surface area contributed by atoms with Gasteiger partial charge in [-0.3, -0.25) is 4.79 Å². The molecule has 0 unspecified atom stereocenters. The highest BCUT2D eigenvalue weighted by Crippen LogP contribution is 2.22. The van der Waals surface area contributed by atoms with Gasteiger partial charge in [0.05, 0.1) is 10.7 Å². The molecule has 0 spiro atoms. The molecule has 3 N–H and O–H groups in total. The summed E-state index contributed by atoms with van der Waals surface area (Å²) in [7, 11) is 0. The molecule has 2 aromatic carbocycles. The minimum absolute atomic E-state index is 0.235. The maximum absolute atomic E-state index is 13.0. The van der Waals surface area contributed by atoms with Crippen LogP contribution in [-0.4, -0.2) is 5.91 Å². The summed E-state index contributed by atoms with van der Waals surface area (Å²) in [6.45, 7) is 0. The zero-order valence-electron chi connectivity index (χ0n) is 10.4. The Hall–Kier alpha value is -2.33. The fraction of sp³-hybridized carbons (Fsp3) is 0. The fourth-order valence-corrected chi connectivity index (χ4v) is 1.71. The SMILES string of the molecule is Nc1ccc(/C=C/C(=O)Nc2cc(F)ccc2Cl)cc1. The van der Waals surface area contributed by atoms with E-state index in [4.69, 9.17) is 17.3 Å². The summed E-state index contributed by atoms with van der Waals surface area (Å²) in [5, 5.41) is 2.79. The van der Waals surface area contributed by atoms with Gasteiger partial charge in [0.25, 0.3) is 0 Å². The summed E-state index contributed by atoms with van der Waals surface area (Å²) in [4.78, 5) is 11.7. The fourth-order valence-electron chi connectivity index (χ4n) is 1.55. The monoisotopic (exact) mass is 290 g/mol. The van der Waals surface area contributed by atoms with Gasteiger partial charge in [-0.2, -0.15) is 0 Å². The molecule has 2 rings (SSSR count). The van der Waals surface area contributed by atoms with E-state index in [1.807, 2.05) is 0 Å². The molecule has 0 aromatic heterocycles. The van der Waals surface area contributed by atoms with Crippen molar-refractivity contribution in [3.8, 4) is 0 Å². The number of carbonyl (C=O) groups is 1. The zero-order chi connectivity index (χ0) is 14.5. The van der Waals surface area contributed by atoms with Crippen molar-refractivity contribution in [1.29, 1.82) is 0 Å². The number of nitrogen functional groups attached to an aromatic ring is 1. The van der Waals surface area contributed by atoms with Crippen LogP contribution >= 0.6 is 11.6 Å². The van der Waals surface area contributed by atoms with Crippen LogP contribution < -0.4 is 11.1 Å². The molecule has 0 aliphatic heterocycles. The number of hydrogen-bond acceptors (Lipinski definition) is 2. The van der Waals surface area contributed by atoms with Gasteiger partial charge in [0.2, 0.25) is 5.91 Å². The number of benzene rings is 2. The molecule has 1 amide bonds. The highest BCUT2D eigenvalue weighted by molar-refractivity contribution is 6.33. The van der Waals surface area contributed by atoms with Crippen LogP contribution in [0.5, 0.6) is 0 Å². The second kappa shape index (κ2) is 6.21. The topological polar surface area (TPSA) is 55.1 Å². The van der Waals surface area contributed by atoms with E-state index in [0.29, 0.717) is 5.69 Å². The van der Waals surface area contributed by atoms with Crippen LogP contribution in [0.4, 0.5) is 15.8 Å². The Balaban J connectivity index is 2.05. The number of carbonyl (C=O) groups excluding carboxylic acids is 1. The van der Waals surface area contributed by atoms with Crippen LogP contribution in [0.25, 0.3) is 6.08 Å². The molecular weight excluding hydrogens is 279 g/mol. The smallest absolute Gasteiger partial charge is 0.248 e. The van der Waals surface area contributed by atoms with Crippen LogP contribution in [0, 0.1) is 5.82 Å². The molecule has 0 heterocycles. The molecule has 102 valence electrons. The van der Waals surface area contributed by atoms with Crippen molar-refractivity contribution in [2.75, 3.05) is 11.1 Å². The lowest BCUT2D eigenvalue weighted by molar-refractivity contribution is -0.111. The van der Waals surface area contributed by atoms with Crippen LogP contribution in [0.15, 0.2) is 48.5 Å². The number of rotatable bonds is 3.